The molecule has 0 aliphatic carbocycles. The zero-order valence-electron chi connectivity index (χ0n) is 18.3. The van der Waals surface area contributed by atoms with E-state index in [0.717, 1.165) is 41.6 Å². The quantitative estimate of drug-likeness (QED) is 0.562. The van der Waals surface area contributed by atoms with Gasteiger partial charge in [-0.2, -0.15) is 0 Å². The van der Waals surface area contributed by atoms with Crippen molar-refractivity contribution >= 4 is 33.9 Å². The maximum Gasteiger partial charge on any atom is 0.253 e. The van der Waals surface area contributed by atoms with E-state index in [9.17, 15) is 4.79 Å². The van der Waals surface area contributed by atoms with Gasteiger partial charge in [-0.1, -0.05) is 29.8 Å². The van der Waals surface area contributed by atoms with E-state index in [-0.39, 0.29) is 11.7 Å². The molecule has 162 valence electrons. The van der Waals surface area contributed by atoms with Crippen LogP contribution in [0.3, 0.4) is 0 Å². The standard InChI is InChI=1S/C25H29N3O2S/c1-16-6-10-21(11-7-16)26-25(31)28(15-22-5-4-12-30-22)14-20-13-19-9-8-17(2)18(3)23(19)27-24(20)29/h6-11,13,22H,4-5,12,14-15H2,1-3H3,(H,26,31)(H,27,29). The van der Waals surface area contributed by atoms with Crippen LogP contribution in [0.25, 0.3) is 10.9 Å². The lowest BCUT2D eigenvalue weighted by molar-refractivity contribution is 0.0904. The maximum atomic E-state index is 12.9. The van der Waals surface area contributed by atoms with E-state index in [4.69, 9.17) is 17.0 Å². The fourth-order valence-electron chi connectivity index (χ4n) is 3.99. The van der Waals surface area contributed by atoms with Gasteiger partial charge in [-0.05, 0) is 80.5 Å². The van der Waals surface area contributed by atoms with Crippen LogP contribution in [0.4, 0.5) is 5.69 Å². The van der Waals surface area contributed by atoms with E-state index < -0.39 is 0 Å². The van der Waals surface area contributed by atoms with Crippen molar-refractivity contribution in [2.75, 3.05) is 18.5 Å². The fourth-order valence-corrected chi connectivity index (χ4v) is 4.24. The van der Waals surface area contributed by atoms with Gasteiger partial charge in [0.2, 0.25) is 0 Å². The Morgan fingerprint density at radius 2 is 1.97 bits per heavy atom. The lowest BCUT2D eigenvalue weighted by Crippen LogP contribution is -2.40. The van der Waals surface area contributed by atoms with Gasteiger partial charge in [0.15, 0.2) is 5.11 Å². The monoisotopic (exact) mass is 435 g/mol. The van der Waals surface area contributed by atoms with Gasteiger partial charge >= 0.3 is 0 Å². The average Bonchev–Trinajstić information content (AvgIpc) is 3.26. The second kappa shape index (κ2) is 9.20. The predicted octanol–water partition coefficient (Wildman–Crippen LogP) is 4.83. The topological polar surface area (TPSA) is 57.4 Å². The Balaban J connectivity index is 1.61. The minimum Gasteiger partial charge on any atom is -0.376 e. The highest BCUT2D eigenvalue weighted by Crippen LogP contribution is 2.21. The molecule has 0 radical (unpaired) electrons. The van der Waals surface area contributed by atoms with Crippen LogP contribution in [0.2, 0.25) is 0 Å². The number of aryl methyl sites for hydroxylation is 3. The molecule has 1 aliphatic heterocycles. The normalized spacial score (nSPS) is 15.9. The number of hydrogen-bond donors (Lipinski definition) is 2. The third kappa shape index (κ3) is 4.97. The molecule has 3 aromatic rings. The Labute approximate surface area is 188 Å². The molecule has 2 heterocycles. The summed E-state index contributed by atoms with van der Waals surface area (Å²) < 4.78 is 5.85. The lowest BCUT2D eigenvalue weighted by Gasteiger charge is -2.28. The van der Waals surface area contributed by atoms with Crippen molar-refractivity contribution in [1.29, 1.82) is 0 Å². The van der Waals surface area contributed by atoms with Gasteiger partial charge in [0.25, 0.3) is 5.56 Å². The molecule has 0 spiro atoms. The first-order valence-corrected chi connectivity index (χ1v) is 11.2. The van der Waals surface area contributed by atoms with E-state index in [2.05, 4.69) is 36.3 Å². The molecule has 1 aromatic heterocycles. The summed E-state index contributed by atoms with van der Waals surface area (Å²) in [6.07, 6.45) is 2.20. The van der Waals surface area contributed by atoms with Crippen molar-refractivity contribution in [2.45, 2.75) is 46.3 Å². The molecule has 5 nitrogen and oxygen atoms in total. The molecule has 0 bridgehead atoms. The molecule has 0 saturated carbocycles. The first-order valence-electron chi connectivity index (χ1n) is 10.8. The summed E-state index contributed by atoms with van der Waals surface area (Å²) in [5.41, 5.74) is 5.93. The third-order valence-electron chi connectivity index (χ3n) is 6.03. The van der Waals surface area contributed by atoms with Crippen molar-refractivity contribution in [3.05, 3.63) is 75.1 Å². The molecule has 1 aliphatic rings. The number of ether oxygens (including phenoxy) is 1. The molecule has 1 fully saturated rings. The fraction of sp³-hybridized carbons (Fsp3) is 0.360. The highest BCUT2D eigenvalue weighted by Gasteiger charge is 2.22. The number of fused-ring (bicyclic) bond motifs is 1. The molecular weight excluding hydrogens is 406 g/mol. The summed E-state index contributed by atoms with van der Waals surface area (Å²) in [4.78, 5) is 18.0. The van der Waals surface area contributed by atoms with Gasteiger partial charge < -0.3 is 19.9 Å². The van der Waals surface area contributed by atoms with Gasteiger partial charge in [0.1, 0.15) is 0 Å². The Bertz CT molecular complexity index is 1150. The predicted molar refractivity (Wildman–Crippen MR) is 131 cm³/mol. The van der Waals surface area contributed by atoms with Crippen molar-refractivity contribution < 1.29 is 4.74 Å². The van der Waals surface area contributed by atoms with Crippen LogP contribution in [0.5, 0.6) is 0 Å². The van der Waals surface area contributed by atoms with Gasteiger partial charge in [-0.15, -0.1) is 0 Å². The Hall–Kier alpha value is -2.70. The first kappa shape index (κ1) is 21.5. The second-order valence-electron chi connectivity index (χ2n) is 8.41. The van der Waals surface area contributed by atoms with Crippen LogP contribution in [0, 0.1) is 20.8 Å². The van der Waals surface area contributed by atoms with E-state index in [1.165, 1.54) is 11.1 Å². The Kier molecular flexibility index (Phi) is 6.39. The molecule has 1 saturated heterocycles. The SMILES string of the molecule is Cc1ccc(NC(=S)N(Cc2cc3ccc(C)c(C)c3[nH]c2=O)CC2CCCO2)cc1. The van der Waals surface area contributed by atoms with Crippen LogP contribution in [-0.2, 0) is 11.3 Å². The van der Waals surface area contributed by atoms with Gasteiger partial charge in [0, 0.05) is 24.4 Å². The van der Waals surface area contributed by atoms with Crippen LogP contribution in [0.1, 0.15) is 35.1 Å². The van der Waals surface area contributed by atoms with Crippen molar-refractivity contribution in [2.24, 2.45) is 0 Å². The molecule has 31 heavy (non-hydrogen) atoms. The summed E-state index contributed by atoms with van der Waals surface area (Å²) in [7, 11) is 0. The largest absolute Gasteiger partial charge is 0.376 e. The molecule has 1 atom stereocenters. The van der Waals surface area contributed by atoms with Gasteiger partial charge in [0.05, 0.1) is 18.2 Å². The van der Waals surface area contributed by atoms with Crippen molar-refractivity contribution in [1.82, 2.24) is 9.88 Å². The second-order valence-corrected chi connectivity index (χ2v) is 8.79. The molecule has 6 heteroatoms. The number of pyridine rings is 1. The number of thiocarbonyl (C=S) groups is 1. The molecule has 2 aromatic carbocycles. The summed E-state index contributed by atoms with van der Waals surface area (Å²) in [5, 5.41) is 4.96. The number of hydrogen-bond acceptors (Lipinski definition) is 3. The minimum atomic E-state index is -0.0725. The molecule has 4 rings (SSSR count). The highest BCUT2D eigenvalue weighted by molar-refractivity contribution is 7.80. The van der Waals surface area contributed by atoms with E-state index in [1.54, 1.807) is 0 Å². The molecule has 2 N–H and O–H groups in total. The number of aromatic nitrogens is 1. The number of rotatable bonds is 5. The molecule has 0 amide bonds. The highest BCUT2D eigenvalue weighted by atomic mass is 32.1. The van der Waals surface area contributed by atoms with Crippen LogP contribution < -0.4 is 10.9 Å². The minimum absolute atomic E-state index is 0.0725. The van der Waals surface area contributed by atoms with Gasteiger partial charge in [-0.3, -0.25) is 4.79 Å². The van der Waals surface area contributed by atoms with Crippen molar-refractivity contribution in [3.63, 3.8) is 0 Å². The van der Waals surface area contributed by atoms with Gasteiger partial charge in [-0.25, -0.2) is 0 Å². The third-order valence-corrected chi connectivity index (χ3v) is 6.39. The number of aromatic amines is 1. The summed E-state index contributed by atoms with van der Waals surface area (Å²) >= 11 is 5.75. The number of anilines is 1. The summed E-state index contributed by atoms with van der Waals surface area (Å²) in [5.74, 6) is 0. The Morgan fingerprint density at radius 1 is 1.19 bits per heavy atom. The zero-order valence-corrected chi connectivity index (χ0v) is 19.1. The van der Waals surface area contributed by atoms with Crippen molar-refractivity contribution in [3.8, 4) is 0 Å². The Morgan fingerprint density at radius 3 is 2.68 bits per heavy atom. The smallest absolute Gasteiger partial charge is 0.253 e. The van der Waals surface area contributed by atoms with Crippen LogP contribution in [-0.4, -0.2) is 34.3 Å². The van der Waals surface area contributed by atoms with Crippen LogP contribution >= 0.6 is 12.2 Å². The number of nitrogens with zero attached hydrogens (tertiary/aromatic N) is 1. The van der Waals surface area contributed by atoms with E-state index in [0.29, 0.717) is 23.8 Å². The number of benzene rings is 2. The zero-order chi connectivity index (χ0) is 22.0. The number of nitrogens with one attached hydrogen (secondary N) is 2. The van der Waals surface area contributed by atoms with Crippen LogP contribution in [0.15, 0.2) is 47.3 Å². The average molecular weight is 436 g/mol. The first-order chi connectivity index (χ1) is 14.9. The summed E-state index contributed by atoms with van der Waals surface area (Å²) in [6, 6.07) is 14.3. The molecular formula is C25H29N3O2S. The molecule has 1 unspecified atom stereocenters. The maximum absolute atomic E-state index is 12.9. The summed E-state index contributed by atoms with van der Waals surface area (Å²) in [6.45, 7) is 8.02. The number of H-pyrrole nitrogens is 1. The van der Waals surface area contributed by atoms with E-state index >= 15 is 0 Å². The van der Waals surface area contributed by atoms with E-state index in [1.807, 2.05) is 42.2 Å². The lowest BCUT2D eigenvalue weighted by atomic mass is 10.0.